The summed E-state index contributed by atoms with van der Waals surface area (Å²) in [5.74, 6) is 0.341. The van der Waals surface area contributed by atoms with Crippen LogP contribution in [0, 0.1) is 11.2 Å². The fourth-order valence-corrected chi connectivity index (χ4v) is 3.74. The molecule has 1 fully saturated rings. The van der Waals surface area contributed by atoms with Gasteiger partial charge in [0.15, 0.2) is 10.9 Å². The smallest absolute Gasteiger partial charge is 0.182 e. The van der Waals surface area contributed by atoms with Crippen molar-refractivity contribution in [3.8, 4) is 0 Å². The summed E-state index contributed by atoms with van der Waals surface area (Å²) in [7, 11) is 1.89. The third-order valence-corrected chi connectivity index (χ3v) is 5.04. The summed E-state index contributed by atoms with van der Waals surface area (Å²) in [6.07, 6.45) is 6.32. The Hall–Kier alpha value is -1.60. The normalized spacial score (nSPS) is 22.1. The second kappa shape index (κ2) is 6.26. The maximum absolute atomic E-state index is 12.9. The van der Waals surface area contributed by atoms with Crippen molar-refractivity contribution >= 4 is 16.5 Å². The van der Waals surface area contributed by atoms with E-state index in [2.05, 4.69) is 32.1 Å². The van der Waals surface area contributed by atoms with Crippen LogP contribution in [0.15, 0.2) is 18.6 Å². The molecule has 0 spiro atoms. The Morgan fingerprint density at radius 1 is 1.32 bits per heavy atom. The van der Waals surface area contributed by atoms with Gasteiger partial charge in [-0.3, -0.25) is 4.90 Å². The molecule has 1 unspecified atom stereocenters. The summed E-state index contributed by atoms with van der Waals surface area (Å²) in [6.45, 7) is 5.25. The molecule has 0 amide bonds. The average Bonchev–Trinajstić information content (AvgIpc) is 3.09. The SMILES string of the molecule is CNc1ncc(CN2CCC(C)(Cc3ncc(F)cn3)C2)s1. The number of hydrogen-bond donors (Lipinski definition) is 1. The summed E-state index contributed by atoms with van der Waals surface area (Å²) in [6, 6.07) is 0. The number of aromatic nitrogens is 3. The lowest BCUT2D eigenvalue weighted by molar-refractivity contribution is 0.266. The van der Waals surface area contributed by atoms with Crippen molar-refractivity contribution in [1.29, 1.82) is 0 Å². The molecule has 1 aliphatic rings. The van der Waals surface area contributed by atoms with Gasteiger partial charge in [-0.15, -0.1) is 11.3 Å². The van der Waals surface area contributed by atoms with Gasteiger partial charge in [0.1, 0.15) is 5.82 Å². The average molecular weight is 321 g/mol. The number of hydrogen-bond acceptors (Lipinski definition) is 6. The van der Waals surface area contributed by atoms with Gasteiger partial charge in [-0.1, -0.05) is 6.92 Å². The van der Waals surface area contributed by atoms with E-state index in [1.807, 2.05) is 13.2 Å². The second-order valence-corrected chi connectivity index (χ2v) is 7.26. The molecule has 22 heavy (non-hydrogen) atoms. The highest BCUT2D eigenvalue weighted by molar-refractivity contribution is 7.15. The van der Waals surface area contributed by atoms with E-state index in [0.717, 1.165) is 43.4 Å². The van der Waals surface area contributed by atoms with Gasteiger partial charge in [0.2, 0.25) is 0 Å². The van der Waals surface area contributed by atoms with E-state index in [9.17, 15) is 4.39 Å². The molecule has 0 radical (unpaired) electrons. The molecule has 1 N–H and O–H groups in total. The molecule has 0 bridgehead atoms. The third-order valence-electron chi connectivity index (χ3n) is 4.04. The van der Waals surface area contributed by atoms with Crippen LogP contribution in [0.5, 0.6) is 0 Å². The zero-order chi connectivity index (χ0) is 15.6. The molecule has 3 heterocycles. The van der Waals surface area contributed by atoms with Gasteiger partial charge in [-0.05, 0) is 18.4 Å². The molecule has 118 valence electrons. The molecule has 1 atom stereocenters. The quantitative estimate of drug-likeness (QED) is 0.917. The zero-order valence-corrected chi connectivity index (χ0v) is 13.7. The highest BCUT2D eigenvalue weighted by Crippen LogP contribution is 2.34. The Morgan fingerprint density at radius 3 is 2.77 bits per heavy atom. The molecule has 7 heteroatoms. The molecule has 3 rings (SSSR count). The summed E-state index contributed by atoms with van der Waals surface area (Å²) >= 11 is 1.70. The van der Waals surface area contributed by atoms with E-state index in [4.69, 9.17) is 0 Å². The molecule has 2 aromatic rings. The molecular formula is C15H20FN5S. The van der Waals surface area contributed by atoms with Crippen LogP contribution in [0.2, 0.25) is 0 Å². The molecule has 1 saturated heterocycles. The highest BCUT2D eigenvalue weighted by atomic mass is 32.1. The van der Waals surface area contributed by atoms with Crippen LogP contribution >= 0.6 is 11.3 Å². The minimum atomic E-state index is -0.382. The van der Waals surface area contributed by atoms with Crippen LogP contribution in [0.4, 0.5) is 9.52 Å². The van der Waals surface area contributed by atoms with Crippen molar-refractivity contribution in [3.63, 3.8) is 0 Å². The number of thiazole rings is 1. The van der Waals surface area contributed by atoms with Crippen molar-refractivity contribution in [1.82, 2.24) is 19.9 Å². The predicted octanol–water partition coefficient (Wildman–Crippen LogP) is 2.57. The minimum absolute atomic E-state index is 0.147. The van der Waals surface area contributed by atoms with Crippen LogP contribution in [0.1, 0.15) is 24.0 Å². The van der Waals surface area contributed by atoms with Crippen LogP contribution in [-0.4, -0.2) is 40.0 Å². The number of likely N-dealkylation sites (tertiary alicyclic amines) is 1. The van der Waals surface area contributed by atoms with Gasteiger partial charge >= 0.3 is 0 Å². The Labute approximate surface area is 133 Å². The summed E-state index contributed by atoms with van der Waals surface area (Å²) in [5, 5.41) is 4.02. The van der Waals surface area contributed by atoms with E-state index in [0.29, 0.717) is 0 Å². The summed E-state index contributed by atoms with van der Waals surface area (Å²) in [4.78, 5) is 16.2. The van der Waals surface area contributed by atoms with E-state index < -0.39 is 0 Å². The maximum atomic E-state index is 12.9. The van der Waals surface area contributed by atoms with Crippen LogP contribution in [0.25, 0.3) is 0 Å². The lowest BCUT2D eigenvalue weighted by Gasteiger charge is -2.23. The van der Waals surface area contributed by atoms with Gasteiger partial charge in [0.25, 0.3) is 0 Å². The van der Waals surface area contributed by atoms with Gasteiger partial charge in [-0.25, -0.2) is 19.3 Å². The standard InChI is InChI=1S/C15H20FN5S/c1-15(5-13-18-6-11(16)7-19-13)3-4-21(10-15)9-12-8-20-14(17-2)22-12/h6-8H,3-5,9-10H2,1-2H3,(H,17,20). The van der Waals surface area contributed by atoms with Crippen molar-refractivity contribution < 1.29 is 4.39 Å². The van der Waals surface area contributed by atoms with Gasteiger partial charge in [0, 0.05) is 37.6 Å². The molecule has 0 saturated carbocycles. The highest BCUT2D eigenvalue weighted by Gasteiger charge is 2.34. The number of halogens is 1. The van der Waals surface area contributed by atoms with E-state index in [1.165, 1.54) is 17.3 Å². The molecule has 2 aromatic heterocycles. The summed E-state index contributed by atoms with van der Waals surface area (Å²) in [5.41, 5.74) is 0.147. The van der Waals surface area contributed by atoms with E-state index >= 15 is 0 Å². The van der Waals surface area contributed by atoms with Crippen molar-refractivity contribution in [2.75, 3.05) is 25.5 Å². The van der Waals surface area contributed by atoms with Crippen molar-refractivity contribution in [2.24, 2.45) is 5.41 Å². The molecule has 5 nitrogen and oxygen atoms in total. The van der Waals surface area contributed by atoms with Gasteiger partial charge in [0.05, 0.1) is 12.4 Å². The summed E-state index contributed by atoms with van der Waals surface area (Å²) < 4.78 is 12.9. The van der Waals surface area contributed by atoms with E-state index in [1.54, 1.807) is 11.3 Å². The van der Waals surface area contributed by atoms with Gasteiger partial charge in [-0.2, -0.15) is 0 Å². The van der Waals surface area contributed by atoms with Crippen LogP contribution in [0.3, 0.4) is 0 Å². The number of rotatable bonds is 5. The number of nitrogens with zero attached hydrogens (tertiary/aromatic N) is 4. The molecule has 0 aliphatic carbocycles. The third kappa shape index (κ3) is 3.59. The second-order valence-electron chi connectivity index (χ2n) is 6.15. The lowest BCUT2D eigenvalue weighted by Crippen LogP contribution is -2.27. The first kappa shape index (κ1) is 15.3. The molecule has 0 aromatic carbocycles. The van der Waals surface area contributed by atoms with E-state index in [-0.39, 0.29) is 11.2 Å². The largest absolute Gasteiger partial charge is 0.365 e. The molecule has 1 aliphatic heterocycles. The van der Waals surface area contributed by atoms with Crippen molar-refractivity contribution in [2.45, 2.75) is 26.3 Å². The fourth-order valence-electron chi connectivity index (χ4n) is 2.93. The molecular weight excluding hydrogens is 301 g/mol. The first-order chi connectivity index (χ1) is 10.6. The number of anilines is 1. The Kier molecular flexibility index (Phi) is 4.35. The Bertz CT molecular complexity index is 629. The van der Waals surface area contributed by atoms with Crippen LogP contribution in [-0.2, 0) is 13.0 Å². The Morgan fingerprint density at radius 2 is 2.09 bits per heavy atom. The topological polar surface area (TPSA) is 53.9 Å². The van der Waals surface area contributed by atoms with Crippen LogP contribution < -0.4 is 5.32 Å². The first-order valence-corrected chi connectivity index (χ1v) is 8.19. The lowest BCUT2D eigenvalue weighted by atomic mass is 9.86. The monoisotopic (exact) mass is 321 g/mol. The first-order valence-electron chi connectivity index (χ1n) is 7.38. The number of nitrogens with one attached hydrogen (secondary N) is 1. The predicted molar refractivity (Wildman–Crippen MR) is 85.4 cm³/mol. The minimum Gasteiger partial charge on any atom is -0.365 e. The van der Waals surface area contributed by atoms with Crippen molar-refractivity contribution in [3.05, 3.63) is 35.1 Å². The maximum Gasteiger partial charge on any atom is 0.182 e. The Balaban J connectivity index is 1.59. The van der Waals surface area contributed by atoms with Gasteiger partial charge < -0.3 is 5.32 Å². The fraction of sp³-hybridized carbons (Fsp3) is 0.533. The zero-order valence-electron chi connectivity index (χ0n) is 12.8.